The van der Waals surface area contributed by atoms with Gasteiger partial charge >= 0.3 is 0 Å². The van der Waals surface area contributed by atoms with Crippen LogP contribution in [-0.4, -0.2) is 55.3 Å². The Morgan fingerprint density at radius 2 is 2.17 bits per heavy atom. The molecule has 2 aliphatic heterocycles. The van der Waals surface area contributed by atoms with Crippen molar-refractivity contribution in [3.63, 3.8) is 0 Å². The van der Waals surface area contributed by atoms with E-state index in [9.17, 15) is 4.79 Å². The van der Waals surface area contributed by atoms with E-state index in [2.05, 4.69) is 20.2 Å². The van der Waals surface area contributed by atoms with E-state index in [1.54, 1.807) is 7.11 Å². The van der Waals surface area contributed by atoms with E-state index in [1.165, 1.54) is 6.33 Å². The summed E-state index contributed by atoms with van der Waals surface area (Å²) in [6.07, 6.45) is 5.22. The van der Waals surface area contributed by atoms with Gasteiger partial charge in [-0.1, -0.05) is 0 Å². The first-order valence-corrected chi connectivity index (χ1v) is 8.25. The van der Waals surface area contributed by atoms with Gasteiger partial charge in [0.1, 0.15) is 12.1 Å². The maximum absolute atomic E-state index is 12.5. The number of methoxy groups -OCH3 is 1. The van der Waals surface area contributed by atoms with Gasteiger partial charge in [-0.2, -0.15) is 0 Å². The van der Waals surface area contributed by atoms with Crippen LogP contribution >= 0.6 is 0 Å². The van der Waals surface area contributed by atoms with Crippen LogP contribution < -0.4 is 15.0 Å². The normalized spacial score (nSPS) is 22.7. The van der Waals surface area contributed by atoms with Crippen LogP contribution in [0.25, 0.3) is 0 Å². The topological polar surface area (TPSA) is 76.6 Å². The Balaban J connectivity index is 1.59. The van der Waals surface area contributed by atoms with Crippen molar-refractivity contribution >= 4 is 11.7 Å². The van der Waals surface area contributed by atoms with E-state index < -0.39 is 0 Å². The molecular formula is C16H24N4O3. The molecule has 0 aromatic carbocycles. The molecule has 1 amide bonds. The monoisotopic (exact) mass is 320 g/mol. The predicted octanol–water partition coefficient (Wildman–Crippen LogP) is 0.997. The van der Waals surface area contributed by atoms with Gasteiger partial charge in [0, 0.05) is 38.4 Å². The second kappa shape index (κ2) is 7.59. The minimum atomic E-state index is 0.00700. The maximum atomic E-state index is 12.5. The first-order valence-electron chi connectivity index (χ1n) is 8.25. The maximum Gasteiger partial charge on any atom is 0.225 e. The molecule has 0 spiro atoms. The van der Waals surface area contributed by atoms with Gasteiger partial charge in [0.25, 0.3) is 0 Å². The lowest BCUT2D eigenvalue weighted by Crippen LogP contribution is -2.47. The van der Waals surface area contributed by atoms with E-state index >= 15 is 0 Å². The van der Waals surface area contributed by atoms with Crippen LogP contribution in [0, 0.1) is 5.92 Å². The van der Waals surface area contributed by atoms with Gasteiger partial charge < -0.3 is 19.7 Å². The standard InChI is InChI=1S/C16H24N4O3/c1-22-15-9-14(17-11-18-15)20-6-2-3-12(10-20)16(21)19-13-4-7-23-8-5-13/h9,11-13H,2-8,10H2,1H3,(H,19,21). The third-order valence-corrected chi connectivity index (χ3v) is 4.52. The molecule has 2 fully saturated rings. The van der Waals surface area contributed by atoms with Crippen LogP contribution in [0.4, 0.5) is 5.82 Å². The summed E-state index contributed by atoms with van der Waals surface area (Å²) in [4.78, 5) is 23.0. The largest absolute Gasteiger partial charge is 0.481 e. The van der Waals surface area contributed by atoms with Crippen molar-refractivity contribution < 1.29 is 14.3 Å². The smallest absolute Gasteiger partial charge is 0.225 e. The van der Waals surface area contributed by atoms with E-state index in [4.69, 9.17) is 9.47 Å². The van der Waals surface area contributed by atoms with Gasteiger partial charge in [0.05, 0.1) is 13.0 Å². The lowest BCUT2D eigenvalue weighted by atomic mass is 9.96. The summed E-state index contributed by atoms with van der Waals surface area (Å²) in [5.74, 6) is 1.53. The van der Waals surface area contributed by atoms with Crippen molar-refractivity contribution in [1.82, 2.24) is 15.3 Å². The highest BCUT2D eigenvalue weighted by Gasteiger charge is 2.28. The number of carbonyl (C=O) groups is 1. The van der Waals surface area contributed by atoms with Crippen molar-refractivity contribution in [2.45, 2.75) is 31.7 Å². The summed E-state index contributed by atoms with van der Waals surface area (Å²) in [6, 6.07) is 2.07. The molecule has 3 rings (SSSR count). The van der Waals surface area contributed by atoms with Crippen molar-refractivity contribution in [3.05, 3.63) is 12.4 Å². The zero-order valence-electron chi connectivity index (χ0n) is 13.5. The average molecular weight is 320 g/mol. The molecule has 1 aromatic rings. The lowest BCUT2D eigenvalue weighted by Gasteiger charge is -2.34. The van der Waals surface area contributed by atoms with Crippen molar-refractivity contribution in [2.24, 2.45) is 5.92 Å². The Morgan fingerprint density at radius 3 is 2.96 bits per heavy atom. The molecule has 2 aliphatic rings. The molecule has 2 saturated heterocycles. The van der Waals surface area contributed by atoms with E-state index in [1.807, 2.05) is 6.07 Å². The summed E-state index contributed by atoms with van der Waals surface area (Å²) >= 11 is 0. The predicted molar refractivity (Wildman–Crippen MR) is 85.5 cm³/mol. The Hall–Kier alpha value is -1.89. The van der Waals surface area contributed by atoms with Crippen LogP contribution in [0.15, 0.2) is 12.4 Å². The fraction of sp³-hybridized carbons (Fsp3) is 0.688. The third-order valence-electron chi connectivity index (χ3n) is 4.52. The molecule has 1 atom stereocenters. The molecule has 1 aromatic heterocycles. The summed E-state index contributed by atoms with van der Waals surface area (Å²) in [5.41, 5.74) is 0. The minimum absolute atomic E-state index is 0.00700. The lowest BCUT2D eigenvalue weighted by molar-refractivity contribution is -0.126. The van der Waals surface area contributed by atoms with Gasteiger partial charge in [0.2, 0.25) is 11.8 Å². The van der Waals surface area contributed by atoms with Crippen molar-refractivity contribution in [1.29, 1.82) is 0 Å². The summed E-state index contributed by atoms with van der Waals surface area (Å²) in [7, 11) is 1.59. The van der Waals surface area contributed by atoms with Crippen LogP contribution in [0.5, 0.6) is 5.88 Å². The SMILES string of the molecule is COc1cc(N2CCCC(C(=O)NC3CCOCC3)C2)ncn1. The fourth-order valence-electron chi connectivity index (χ4n) is 3.17. The van der Waals surface area contributed by atoms with E-state index in [0.717, 1.165) is 51.3 Å². The van der Waals surface area contributed by atoms with E-state index in [-0.39, 0.29) is 17.9 Å². The van der Waals surface area contributed by atoms with Crippen LogP contribution in [0.2, 0.25) is 0 Å². The number of piperidine rings is 1. The average Bonchev–Trinajstić information content (AvgIpc) is 2.63. The van der Waals surface area contributed by atoms with Crippen molar-refractivity contribution in [2.75, 3.05) is 38.3 Å². The number of nitrogens with one attached hydrogen (secondary N) is 1. The highest BCUT2D eigenvalue weighted by atomic mass is 16.5. The first-order chi connectivity index (χ1) is 11.3. The third kappa shape index (κ3) is 4.10. The highest BCUT2D eigenvalue weighted by Crippen LogP contribution is 2.23. The number of hydrogen-bond acceptors (Lipinski definition) is 6. The van der Waals surface area contributed by atoms with Gasteiger partial charge in [0.15, 0.2) is 0 Å². The van der Waals surface area contributed by atoms with Gasteiger partial charge in [-0.3, -0.25) is 4.79 Å². The molecule has 0 radical (unpaired) electrons. The number of carbonyl (C=O) groups excluding carboxylic acids is 1. The Kier molecular flexibility index (Phi) is 5.27. The molecule has 0 saturated carbocycles. The highest BCUT2D eigenvalue weighted by molar-refractivity contribution is 5.79. The Bertz CT molecular complexity index is 534. The number of anilines is 1. The zero-order chi connectivity index (χ0) is 16.1. The number of hydrogen-bond donors (Lipinski definition) is 1. The van der Waals surface area contributed by atoms with Crippen molar-refractivity contribution in [3.8, 4) is 5.88 Å². The summed E-state index contributed by atoms with van der Waals surface area (Å²) < 4.78 is 10.5. The quantitative estimate of drug-likeness (QED) is 0.892. The van der Waals surface area contributed by atoms with Gasteiger partial charge in [-0.25, -0.2) is 9.97 Å². The number of rotatable bonds is 4. The number of ether oxygens (including phenoxy) is 2. The van der Waals surface area contributed by atoms with Crippen LogP contribution in [0.3, 0.4) is 0 Å². The molecule has 23 heavy (non-hydrogen) atoms. The minimum Gasteiger partial charge on any atom is -0.481 e. The summed E-state index contributed by atoms with van der Waals surface area (Å²) in [6.45, 7) is 3.07. The molecule has 126 valence electrons. The summed E-state index contributed by atoms with van der Waals surface area (Å²) in [5, 5.41) is 3.18. The number of amides is 1. The second-order valence-corrected chi connectivity index (χ2v) is 6.10. The zero-order valence-corrected chi connectivity index (χ0v) is 13.5. The van der Waals surface area contributed by atoms with Crippen LogP contribution in [0.1, 0.15) is 25.7 Å². The Labute approximate surface area is 136 Å². The Morgan fingerprint density at radius 1 is 1.35 bits per heavy atom. The first kappa shape index (κ1) is 16.0. The van der Waals surface area contributed by atoms with Crippen LogP contribution in [-0.2, 0) is 9.53 Å². The molecule has 1 unspecified atom stereocenters. The molecule has 1 N–H and O–H groups in total. The molecule has 0 aliphatic carbocycles. The molecule has 7 nitrogen and oxygen atoms in total. The molecule has 3 heterocycles. The number of aromatic nitrogens is 2. The van der Waals surface area contributed by atoms with Gasteiger partial charge in [-0.15, -0.1) is 0 Å². The number of nitrogens with zero attached hydrogens (tertiary/aromatic N) is 3. The van der Waals surface area contributed by atoms with Gasteiger partial charge in [-0.05, 0) is 25.7 Å². The molecule has 0 bridgehead atoms. The molecular weight excluding hydrogens is 296 g/mol. The fourth-order valence-corrected chi connectivity index (χ4v) is 3.17. The second-order valence-electron chi connectivity index (χ2n) is 6.10. The molecule has 7 heteroatoms. The van der Waals surface area contributed by atoms with E-state index in [0.29, 0.717) is 12.4 Å².